The number of hydrogen-bond acceptors (Lipinski definition) is 0. The van der Waals surface area contributed by atoms with Crippen LogP contribution in [-0.4, -0.2) is 0 Å². The normalized spacial score (nSPS) is 12.1. The van der Waals surface area contributed by atoms with E-state index in [4.69, 9.17) is 0 Å². The van der Waals surface area contributed by atoms with Crippen molar-refractivity contribution in [1.82, 2.24) is 0 Å². The van der Waals surface area contributed by atoms with Crippen LogP contribution in [0.1, 0.15) is 22.5 Å². The molecule has 0 spiro atoms. The molecule has 0 N–H and O–H groups in total. The SMILES string of the molecule is C(=Cc1cc(-c2ccccc2)cc2[n+]1-c1ccccc1C2)c1ccccc1. The third-order valence-corrected chi connectivity index (χ3v) is 5.13. The molecule has 1 heteroatoms. The minimum absolute atomic E-state index is 0.975. The van der Waals surface area contributed by atoms with Gasteiger partial charge in [0.15, 0.2) is 5.69 Å². The highest BCUT2D eigenvalue weighted by Gasteiger charge is 2.29. The van der Waals surface area contributed by atoms with Gasteiger partial charge in [-0.25, -0.2) is 0 Å². The van der Waals surface area contributed by atoms with Gasteiger partial charge in [-0.15, -0.1) is 0 Å². The summed E-state index contributed by atoms with van der Waals surface area (Å²) in [5.74, 6) is 0. The van der Waals surface area contributed by atoms with E-state index >= 15 is 0 Å². The van der Waals surface area contributed by atoms with Crippen LogP contribution in [0.4, 0.5) is 0 Å². The largest absolute Gasteiger partial charge is 0.215 e. The molecule has 128 valence electrons. The molecule has 0 atom stereocenters. The van der Waals surface area contributed by atoms with Crippen molar-refractivity contribution in [2.45, 2.75) is 6.42 Å². The molecule has 0 bridgehead atoms. The van der Waals surface area contributed by atoms with E-state index in [2.05, 4.69) is 114 Å². The van der Waals surface area contributed by atoms with Crippen molar-refractivity contribution in [1.29, 1.82) is 0 Å². The van der Waals surface area contributed by atoms with Gasteiger partial charge in [-0.05, 0) is 22.8 Å². The van der Waals surface area contributed by atoms with Gasteiger partial charge in [-0.1, -0.05) is 78.9 Å². The fraction of sp³-hybridized carbons (Fsp3) is 0.0385. The van der Waals surface area contributed by atoms with Gasteiger partial charge in [0, 0.05) is 29.8 Å². The number of nitrogens with zero attached hydrogens (tertiary/aromatic N) is 1. The van der Waals surface area contributed by atoms with Gasteiger partial charge in [0.05, 0.1) is 6.42 Å². The quantitative estimate of drug-likeness (QED) is 0.369. The smallest absolute Gasteiger partial charge is 0.157 e. The first-order valence-electron chi connectivity index (χ1n) is 9.34. The molecule has 0 saturated heterocycles. The minimum atomic E-state index is 0.975. The summed E-state index contributed by atoms with van der Waals surface area (Å²) in [6.45, 7) is 0. The molecule has 0 unspecified atom stereocenters. The van der Waals surface area contributed by atoms with E-state index in [-0.39, 0.29) is 0 Å². The highest BCUT2D eigenvalue weighted by molar-refractivity contribution is 5.72. The number of para-hydroxylation sites is 1. The number of hydrogen-bond donors (Lipinski definition) is 0. The van der Waals surface area contributed by atoms with Crippen LogP contribution in [0.2, 0.25) is 0 Å². The van der Waals surface area contributed by atoms with Gasteiger partial charge in [0.1, 0.15) is 0 Å². The zero-order valence-electron chi connectivity index (χ0n) is 15.0. The lowest BCUT2D eigenvalue weighted by molar-refractivity contribution is -0.599. The Bertz CT molecular complexity index is 1130. The molecular formula is C26H20N+. The molecule has 0 radical (unpaired) electrons. The van der Waals surface area contributed by atoms with Gasteiger partial charge in [-0.2, -0.15) is 4.57 Å². The molecule has 1 aliphatic rings. The molecule has 0 saturated carbocycles. The van der Waals surface area contributed by atoms with E-state index in [1.165, 1.54) is 39.3 Å². The van der Waals surface area contributed by atoms with Crippen LogP contribution in [0.25, 0.3) is 29.0 Å². The average molecular weight is 346 g/mol. The maximum absolute atomic E-state index is 2.39. The van der Waals surface area contributed by atoms with Crippen molar-refractivity contribution >= 4 is 12.2 Å². The predicted molar refractivity (Wildman–Crippen MR) is 112 cm³/mol. The standard InChI is InChI=1S/C26H20N/c1-3-9-20(10-4-1)15-16-24-18-23(21-11-5-2-6-12-21)19-25-17-22-13-7-8-14-26(22)27(24)25/h1-16,18-19H,17H2/q+1. The maximum atomic E-state index is 2.39. The first-order valence-corrected chi connectivity index (χ1v) is 9.34. The lowest BCUT2D eigenvalue weighted by Gasteiger charge is -2.05. The Labute approximate surface area is 159 Å². The molecule has 3 aromatic carbocycles. The summed E-state index contributed by atoms with van der Waals surface area (Å²) >= 11 is 0. The maximum Gasteiger partial charge on any atom is 0.215 e. The van der Waals surface area contributed by atoms with Gasteiger partial charge in [0.2, 0.25) is 11.4 Å². The zero-order valence-corrected chi connectivity index (χ0v) is 15.0. The van der Waals surface area contributed by atoms with E-state index in [1.807, 2.05) is 0 Å². The van der Waals surface area contributed by atoms with Gasteiger partial charge < -0.3 is 0 Å². The van der Waals surface area contributed by atoms with Crippen molar-refractivity contribution < 1.29 is 4.57 Å². The molecule has 1 nitrogen and oxygen atoms in total. The van der Waals surface area contributed by atoms with Gasteiger partial charge in [-0.3, -0.25) is 0 Å². The second kappa shape index (κ2) is 6.69. The topological polar surface area (TPSA) is 3.88 Å². The van der Waals surface area contributed by atoms with E-state index in [9.17, 15) is 0 Å². The predicted octanol–water partition coefficient (Wildman–Crippen LogP) is 5.70. The Kier molecular flexibility index (Phi) is 3.91. The summed E-state index contributed by atoms with van der Waals surface area (Å²) < 4.78 is 2.39. The third-order valence-electron chi connectivity index (χ3n) is 5.13. The van der Waals surface area contributed by atoms with Crippen molar-refractivity contribution in [3.63, 3.8) is 0 Å². The average Bonchev–Trinajstić information content (AvgIpc) is 3.12. The van der Waals surface area contributed by atoms with E-state index in [1.54, 1.807) is 0 Å². The molecule has 1 aliphatic heterocycles. The van der Waals surface area contributed by atoms with Crippen molar-refractivity contribution in [3.05, 3.63) is 120 Å². The van der Waals surface area contributed by atoms with Crippen LogP contribution in [0, 0.1) is 0 Å². The molecule has 27 heavy (non-hydrogen) atoms. The van der Waals surface area contributed by atoms with E-state index in [0.717, 1.165) is 6.42 Å². The van der Waals surface area contributed by atoms with Crippen LogP contribution in [0.3, 0.4) is 0 Å². The summed E-state index contributed by atoms with van der Waals surface area (Å²) in [4.78, 5) is 0. The first-order chi connectivity index (χ1) is 13.4. The summed E-state index contributed by atoms with van der Waals surface area (Å²) in [7, 11) is 0. The van der Waals surface area contributed by atoms with Crippen molar-refractivity contribution in [3.8, 4) is 16.8 Å². The van der Waals surface area contributed by atoms with Crippen molar-refractivity contribution in [2.75, 3.05) is 0 Å². The molecule has 0 aliphatic carbocycles. The molecule has 0 fully saturated rings. The molecule has 2 heterocycles. The highest BCUT2D eigenvalue weighted by atomic mass is 15.0. The number of fused-ring (bicyclic) bond motifs is 3. The molecule has 1 aromatic heterocycles. The lowest BCUT2D eigenvalue weighted by Crippen LogP contribution is -2.35. The molecule has 4 aromatic rings. The van der Waals surface area contributed by atoms with Gasteiger partial charge in [0.25, 0.3) is 0 Å². The van der Waals surface area contributed by atoms with Crippen LogP contribution >= 0.6 is 0 Å². The van der Waals surface area contributed by atoms with Crippen LogP contribution in [0.5, 0.6) is 0 Å². The Morgan fingerprint density at radius 2 is 1.33 bits per heavy atom. The number of benzene rings is 3. The van der Waals surface area contributed by atoms with E-state index in [0.29, 0.717) is 0 Å². The zero-order chi connectivity index (χ0) is 18.1. The highest BCUT2D eigenvalue weighted by Crippen LogP contribution is 2.27. The van der Waals surface area contributed by atoms with E-state index < -0.39 is 0 Å². The Hall–Kier alpha value is -3.45. The second-order valence-electron chi connectivity index (χ2n) is 6.91. The lowest BCUT2D eigenvalue weighted by atomic mass is 10.0. The number of pyridine rings is 1. The summed E-state index contributed by atoms with van der Waals surface area (Å²) in [5, 5.41) is 0. The first kappa shape index (κ1) is 15.8. The molecule has 5 rings (SSSR count). The fourth-order valence-corrected chi connectivity index (χ4v) is 3.84. The van der Waals surface area contributed by atoms with Crippen molar-refractivity contribution in [2.24, 2.45) is 0 Å². The Morgan fingerprint density at radius 1 is 0.630 bits per heavy atom. The number of aromatic nitrogens is 1. The fourth-order valence-electron chi connectivity index (χ4n) is 3.84. The Balaban J connectivity index is 1.68. The minimum Gasteiger partial charge on any atom is -0.157 e. The monoisotopic (exact) mass is 346 g/mol. The Morgan fingerprint density at radius 3 is 2.15 bits per heavy atom. The third kappa shape index (κ3) is 2.98. The van der Waals surface area contributed by atoms with Gasteiger partial charge >= 0.3 is 0 Å². The summed E-state index contributed by atoms with van der Waals surface area (Å²) in [6, 6.07) is 34.4. The summed E-state index contributed by atoms with van der Waals surface area (Å²) in [6.07, 6.45) is 5.40. The van der Waals surface area contributed by atoms with Crippen LogP contribution < -0.4 is 4.57 Å². The van der Waals surface area contributed by atoms with Crippen LogP contribution in [0.15, 0.2) is 97.1 Å². The summed E-state index contributed by atoms with van der Waals surface area (Å²) in [5.41, 5.74) is 8.96. The molecular weight excluding hydrogens is 326 g/mol. The van der Waals surface area contributed by atoms with Crippen LogP contribution in [-0.2, 0) is 6.42 Å². The second-order valence-corrected chi connectivity index (χ2v) is 6.91. The number of rotatable bonds is 3. The molecule has 0 amide bonds.